The monoisotopic (exact) mass is 241 g/mol. The van der Waals surface area contributed by atoms with E-state index < -0.39 is 10.7 Å². The van der Waals surface area contributed by atoms with E-state index >= 15 is 0 Å². The van der Waals surface area contributed by atoms with Gasteiger partial charge in [-0.2, -0.15) is 0 Å². The topological polar surface area (TPSA) is 52.4 Å². The molecular formula is C12H16FNO3. The van der Waals surface area contributed by atoms with Crippen molar-refractivity contribution in [3.05, 3.63) is 34.1 Å². The first-order valence-electron chi connectivity index (χ1n) is 5.61. The molecule has 0 saturated heterocycles. The van der Waals surface area contributed by atoms with Crippen LogP contribution in [0.2, 0.25) is 0 Å². The van der Waals surface area contributed by atoms with Crippen LogP contribution in [-0.4, -0.2) is 11.5 Å². The van der Waals surface area contributed by atoms with E-state index in [1.165, 1.54) is 0 Å². The maximum absolute atomic E-state index is 13.0. The minimum atomic E-state index is -0.570. The molecule has 0 amide bonds. The van der Waals surface area contributed by atoms with Crippen LogP contribution in [0.15, 0.2) is 18.2 Å². The van der Waals surface area contributed by atoms with Crippen LogP contribution in [0.25, 0.3) is 0 Å². The number of rotatable bonds is 6. The Morgan fingerprint density at radius 3 is 2.82 bits per heavy atom. The van der Waals surface area contributed by atoms with E-state index in [2.05, 4.69) is 6.92 Å². The molecule has 0 aliphatic rings. The van der Waals surface area contributed by atoms with Gasteiger partial charge in [-0.1, -0.05) is 20.3 Å². The van der Waals surface area contributed by atoms with Gasteiger partial charge in [0.1, 0.15) is 5.82 Å². The Balaban J connectivity index is 2.75. The van der Waals surface area contributed by atoms with Crippen LogP contribution < -0.4 is 4.74 Å². The molecule has 0 fully saturated rings. The zero-order chi connectivity index (χ0) is 12.8. The van der Waals surface area contributed by atoms with E-state index in [0.717, 1.165) is 31.0 Å². The number of ether oxygens (including phenoxy) is 1. The molecule has 0 saturated carbocycles. The van der Waals surface area contributed by atoms with Gasteiger partial charge in [0.05, 0.1) is 11.5 Å². The summed E-state index contributed by atoms with van der Waals surface area (Å²) in [5, 5.41) is 10.7. The largest absolute Gasteiger partial charge is 0.486 e. The molecule has 1 aromatic rings. The molecule has 5 heteroatoms. The highest BCUT2D eigenvalue weighted by Gasteiger charge is 2.16. The molecular weight excluding hydrogens is 225 g/mol. The normalized spacial score (nSPS) is 12.2. The molecule has 94 valence electrons. The van der Waals surface area contributed by atoms with Crippen LogP contribution in [0, 0.1) is 21.8 Å². The van der Waals surface area contributed by atoms with Crippen molar-refractivity contribution in [2.75, 3.05) is 6.61 Å². The SMILES string of the molecule is CCCC(C)COc1cc(F)ccc1[N+](=O)[O-]. The van der Waals surface area contributed by atoms with E-state index in [4.69, 9.17) is 4.74 Å². The summed E-state index contributed by atoms with van der Waals surface area (Å²) >= 11 is 0. The highest BCUT2D eigenvalue weighted by atomic mass is 19.1. The molecule has 1 atom stereocenters. The number of hydrogen-bond acceptors (Lipinski definition) is 3. The minimum Gasteiger partial charge on any atom is -0.486 e. The van der Waals surface area contributed by atoms with Crippen molar-refractivity contribution in [3.8, 4) is 5.75 Å². The lowest BCUT2D eigenvalue weighted by molar-refractivity contribution is -0.386. The quantitative estimate of drug-likeness (QED) is 0.565. The van der Waals surface area contributed by atoms with Crippen LogP contribution >= 0.6 is 0 Å². The van der Waals surface area contributed by atoms with Crippen molar-refractivity contribution >= 4 is 5.69 Å². The third-order valence-corrected chi connectivity index (χ3v) is 2.42. The Bertz CT molecular complexity index is 395. The van der Waals surface area contributed by atoms with E-state index in [0.29, 0.717) is 12.5 Å². The summed E-state index contributed by atoms with van der Waals surface area (Å²) in [5.74, 6) is -0.241. The second-order valence-corrected chi connectivity index (χ2v) is 4.07. The Labute approximate surface area is 99.6 Å². The Hall–Kier alpha value is -1.65. The lowest BCUT2D eigenvalue weighted by Crippen LogP contribution is -2.09. The Morgan fingerprint density at radius 2 is 2.24 bits per heavy atom. The van der Waals surface area contributed by atoms with Gasteiger partial charge in [-0.05, 0) is 18.4 Å². The number of hydrogen-bond donors (Lipinski definition) is 0. The van der Waals surface area contributed by atoms with Gasteiger partial charge in [0.15, 0.2) is 5.75 Å². The van der Waals surface area contributed by atoms with Gasteiger partial charge in [-0.3, -0.25) is 10.1 Å². The number of nitrogens with zero attached hydrogens (tertiary/aromatic N) is 1. The average Bonchev–Trinajstić information content (AvgIpc) is 2.26. The van der Waals surface area contributed by atoms with Crippen molar-refractivity contribution in [1.29, 1.82) is 0 Å². The molecule has 0 spiro atoms. The van der Waals surface area contributed by atoms with Crippen LogP contribution in [0.1, 0.15) is 26.7 Å². The number of nitro groups is 1. The lowest BCUT2D eigenvalue weighted by Gasteiger charge is -2.12. The molecule has 0 heterocycles. The molecule has 4 nitrogen and oxygen atoms in total. The van der Waals surface area contributed by atoms with Gasteiger partial charge in [-0.15, -0.1) is 0 Å². The van der Waals surface area contributed by atoms with E-state index in [1.54, 1.807) is 0 Å². The Morgan fingerprint density at radius 1 is 1.53 bits per heavy atom. The maximum Gasteiger partial charge on any atom is 0.311 e. The zero-order valence-electron chi connectivity index (χ0n) is 9.98. The van der Waals surface area contributed by atoms with E-state index in [-0.39, 0.29) is 11.4 Å². The maximum atomic E-state index is 13.0. The van der Waals surface area contributed by atoms with Crippen LogP contribution in [0.4, 0.5) is 10.1 Å². The van der Waals surface area contributed by atoms with Gasteiger partial charge in [0.2, 0.25) is 0 Å². The minimum absolute atomic E-state index is 0.00190. The van der Waals surface area contributed by atoms with Gasteiger partial charge in [-0.25, -0.2) is 4.39 Å². The average molecular weight is 241 g/mol. The molecule has 1 unspecified atom stereocenters. The first-order valence-corrected chi connectivity index (χ1v) is 5.61. The molecule has 0 aliphatic heterocycles. The zero-order valence-corrected chi connectivity index (χ0v) is 9.98. The lowest BCUT2D eigenvalue weighted by atomic mass is 10.1. The molecule has 17 heavy (non-hydrogen) atoms. The summed E-state index contributed by atoms with van der Waals surface area (Å²) in [6, 6.07) is 3.23. The van der Waals surface area contributed by atoms with Crippen molar-refractivity contribution in [3.63, 3.8) is 0 Å². The van der Waals surface area contributed by atoms with Crippen LogP contribution in [-0.2, 0) is 0 Å². The molecule has 0 aromatic heterocycles. The highest BCUT2D eigenvalue weighted by Crippen LogP contribution is 2.28. The Kier molecular flexibility index (Phi) is 4.87. The summed E-state index contributed by atoms with van der Waals surface area (Å²) in [5.41, 5.74) is -0.199. The van der Waals surface area contributed by atoms with Crippen molar-refractivity contribution in [2.45, 2.75) is 26.7 Å². The van der Waals surface area contributed by atoms with E-state index in [9.17, 15) is 14.5 Å². The molecule has 0 N–H and O–H groups in total. The van der Waals surface area contributed by atoms with Gasteiger partial charge >= 0.3 is 5.69 Å². The predicted octanol–water partition coefficient (Wildman–Crippen LogP) is 3.55. The third kappa shape index (κ3) is 4.01. The highest BCUT2D eigenvalue weighted by molar-refractivity contribution is 5.46. The first kappa shape index (κ1) is 13.4. The summed E-state index contributed by atoms with van der Waals surface area (Å²) in [4.78, 5) is 10.1. The number of benzene rings is 1. The summed E-state index contributed by atoms with van der Waals surface area (Å²) in [7, 11) is 0. The number of halogens is 1. The fraction of sp³-hybridized carbons (Fsp3) is 0.500. The summed E-state index contributed by atoms with van der Waals surface area (Å²) < 4.78 is 18.3. The predicted molar refractivity (Wildman–Crippen MR) is 62.6 cm³/mol. The van der Waals surface area contributed by atoms with Crippen LogP contribution in [0.3, 0.4) is 0 Å². The standard InChI is InChI=1S/C12H16FNO3/c1-3-4-9(2)8-17-12-7-10(13)5-6-11(12)14(15)16/h5-7,9H,3-4,8H2,1-2H3. The van der Waals surface area contributed by atoms with Gasteiger partial charge < -0.3 is 4.74 Å². The van der Waals surface area contributed by atoms with Crippen molar-refractivity contribution in [2.24, 2.45) is 5.92 Å². The molecule has 0 bridgehead atoms. The fourth-order valence-electron chi connectivity index (χ4n) is 1.56. The van der Waals surface area contributed by atoms with E-state index in [1.807, 2.05) is 6.92 Å². The first-order chi connectivity index (χ1) is 8.04. The number of nitro benzene ring substituents is 1. The van der Waals surface area contributed by atoms with Gasteiger partial charge in [0, 0.05) is 12.1 Å². The second kappa shape index (κ2) is 6.18. The van der Waals surface area contributed by atoms with Crippen molar-refractivity contribution in [1.82, 2.24) is 0 Å². The van der Waals surface area contributed by atoms with Crippen molar-refractivity contribution < 1.29 is 14.1 Å². The summed E-state index contributed by atoms with van der Waals surface area (Å²) in [6.07, 6.45) is 2.00. The molecule has 0 aliphatic carbocycles. The second-order valence-electron chi connectivity index (χ2n) is 4.07. The summed E-state index contributed by atoms with van der Waals surface area (Å²) in [6.45, 7) is 4.41. The molecule has 1 aromatic carbocycles. The fourth-order valence-corrected chi connectivity index (χ4v) is 1.56. The molecule has 0 radical (unpaired) electrons. The molecule has 1 rings (SSSR count). The van der Waals surface area contributed by atoms with Gasteiger partial charge in [0.25, 0.3) is 0 Å². The van der Waals surface area contributed by atoms with Crippen LogP contribution in [0.5, 0.6) is 5.75 Å². The smallest absolute Gasteiger partial charge is 0.311 e. The third-order valence-electron chi connectivity index (χ3n) is 2.42.